The third-order valence-electron chi connectivity index (χ3n) is 3.63. The molecule has 3 nitrogen and oxygen atoms in total. The lowest BCUT2D eigenvalue weighted by atomic mass is 9.96. The number of halogens is 1. The van der Waals surface area contributed by atoms with Crippen LogP contribution in [0.4, 0.5) is 4.39 Å². The molecule has 0 spiro atoms. The lowest BCUT2D eigenvalue weighted by Gasteiger charge is -2.24. The predicted molar refractivity (Wildman–Crippen MR) is 77.0 cm³/mol. The first-order chi connectivity index (χ1) is 8.94. The van der Waals surface area contributed by atoms with Crippen molar-refractivity contribution in [3.63, 3.8) is 0 Å². The van der Waals surface area contributed by atoms with Crippen LogP contribution in [0, 0.1) is 5.82 Å². The quantitative estimate of drug-likeness (QED) is 0.616. The van der Waals surface area contributed by atoms with Gasteiger partial charge in [-0.15, -0.1) is 0 Å². The number of hydrogen-bond acceptors (Lipinski definition) is 1. The van der Waals surface area contributed by atoms with Crippen molar-refractivity contribution >= 4 is 5.96 Å². The summed E-state index contributed by atoms with van der Waals surface area (Å²) in [5.41, 5.74) is 1.33. The van der Waals surface area contributed by atoms with Gasteiger partial charge in [0.15, 0.2) is 5.96 Å². The maximum Gasteiger partial charge on any atom is 0.195 e. The van der Waals surface area contributed by atoms with Gasteiger partial charge >= 0.3 is 0 Å². The topological polar surface area (TPSA) is 18.8 Å². The standard InChI is InChI=1S/C15H22FN3/c1-18(2)14(19(3)4)17-11-15(9-10-15)12-5-7-13(16)8-6-12/h5-8H,9-11H2,1-4H3. The van der Waals surface area contributed by atoms with Crippen molar-refractivity contribution in [2.45, 2.75) is 18.3 Å². The van der Waals surface area contributed by atoms with Gasteiger partial charge in [0, 0.05) is 33.6 Å². The number of hydrogen-bond donors (Lipinski definition) is 0. The summed E-state index contributed by atoms with van der Waals surface area (Å²) in [5, 5.41) is 0. The molecule has 0 heterocycles. The molecule has 0 atom stereocenters. The summed E-state index contributed by atoms with van der Waals surface area (Å²) in [7, 11) is 7.99. The number of rotatable bonds is 3. The van der Waals surface area contributed by atoms with Crippen molar-refractivity contribution in [1.29, 1.82) is 0 Å². The van der Waals surface area contributed by atoms with Crippen LogP contribution in [0.5, 0.6) is 0 Å². The summed E-state index contributed by atoms with van der Waals surface area (Å²) in [4.78, 5) is 8.76. The van der Waals surface area contributed by atoms with Crippen molar-refractivity contribution in [2.75, 3.05) is 34.7 Å². The summed E-state index contributed by atoms with van der Waals surface area (Å²) in [6.45, 7) is 0.768. The van der Waals surface area contributed by atoms with Gasteiger partial charge in [0.1, 0.15) is 5.82 Å². The van der Waals surface area contributed by atoms with Crippen LogP contribution in [-0.2, 0) is 5.41 Å². The van der Waals surface area contributed by atoms with Gasteiger partial charge in [-0.3, -0.25) is 4.99 Å². The maximum absolute atomic E-state index is 13.0. The molecule has 1 aromatic rings. The van der Waals surface area contributed by atoms with Crippen molar-refractivity contribution in [3.05, 3.63) is 35.6 Å². The fourth-order valence-electron chi connectivity index (χ4n) is 2.40. The van der Waals surface area contributed by atoms with E-state index < -0.39 is 0 Å². The fraction of sp³-hybridized carbons (Fsp3) is 0.533. The largest absolute Gasteiger partial charge is 0.349 e. The molecule has 1 fully saturated rings. The first kappa shape index (κ1) is 13.8. The Morgan fingerprint density at radius 3 is 2.05 bits per heavy atom. The molecule has 0 aliphatic heterocycles. The van der Waals surface area contributed by atoms with Crippen molar-refractivity contribution < 1.29 is 4.39 Å². The summed E-state index contributed by atoms with van der Waals surface area (Å²) in [6.07, 6.45) is 2.27. The Labute approximate surface area is 114 Å². The lowest BCUT2D eigenvalue weighted by Crippen LogP contribution is -2.36. The summed E-state index contributed by atoms with van der Waals surface area (Å²) in [5.74, 6) is 0.790. The zero-order valence-electron chi connectivity index (χ0n) is 12.2. The van der Waals surface area contributed by atoms with Crippen molar-refractivity contribution in [2.24, 2.45) is 4.99 Å². The number of aliphatic imine (C=N–C) groups is 1. The molecule has 0 N–H and O–H groups in total. The van der Waals surface area contributed by atoms with Gasteiger partial charge in [-0.25, -0.2) is 4.39 Å². The van der Waals surface area contributed by atoms with E-state index in [0.717, 1.165) is 25.3 Å². The molecule has 1 aliphatic carbocycles. The first-order valence-electron chi connectivity index (χ1n) is 6.60. The van der Waals surface area contributed by atoms with E-state index in [1.54, 1.807) is 0 Å². The van der Waals surface area contributed by atoms with Gasteiger partial charge in [-0.05, 0) is 30.5 Å². The Kier molecular flexibility index (Phi) is 3.78. The minimum atomic E-state index is -0.176. The van der Waals surface area contributed by atoms with E-state index in [1.165, 1.54) is 17.7 Å². The van der Waals surface area contributed by atoms with Crippen LogP contribution in [0.25, 0.3) is 0 Å². The zero-order valence-corrected chi connectivity index (χ0v) is 12.2. The van der Waals surface area contributed by atoms with Gasteiger partial charge in [0.25, 0.3) is 0 Å². The van der Waals surface area contributed by atoms with E-state index in [2.05, 4.69) is 0 Å². The lowest BCUT2D eigenvalue weighted by molar-refractivity contribution is 0.476. The predicted octanol–water partition coefficient (Wildman–Crippen LogP) is 2.34. The van der Waals surface area contributed by atoms with Gasteiger partial charge in [0.05, 0.1) is 6.54 Å². The normalized spacial score (nSPS) is 15.8. The maximum atomic E-state index is 13.0. The highest BCUT2D eigenvalue weighted by Crippen LogP contribution is 2.48. The van der Waals surface area contributed by atoms with Crippen LogP contribution < -0.4 is 0 Å². The van der Waals surface area contributed by atoms with E-state index in [-0.39, 0.29) is 11.2 Å². The van der Waals surface area contributed by atoms with Gasteiger partial charge in [-0.1, -0.05) is 12.1 Å². The van der Waals surface area contributed by atoms with Crippen LogP contribution >= 0.6 is 0 Å². The molecule has 0 saturated heterocycles. The Hall–Kier alpha value is -1.58. The second-order valence-electron chi connectivity index (χ2n) is 5.69. The first-order valence-corrected chi connectivity index (χ1v) is 6.60. The van der Waals surface area contributed by atoms with Crippen molar-refractivity contribution in [1.82, 2.24) is 9.80 Å². The highest BCUT2D eigenvalue weighted by atomic mass is 19.1. The van der Waals surface area contributed by atoms with E-state index in [0.29, 0.717) is 0 Å². The molecular weight excluding hydrogens is 241 g/mol. The molecule has 104 valence electrons. The molecular formula is C15H22FN3. The molecule has 1 aliphatic rings. The smallest absolute Gasteiger partial charge is 0.195 e. The van der Waals surface area contributed by atoms with Crippen LogP contribution in [0.1, 0.15) is 18.4 Å². The Bertz CT molecular complexity index is 449. The Morgan fingerprint density at radius 2 is 1.63 bits per heavy atom. The van der Waals surface area contributed by atoms with Gasteiger partial charge in [-0.2, -0.15) is 0 Å². The highest BCUT2D eigenvalue weighted by molar-refractivity contribution is 5.79. The second-order valence-corrected chi connectivity index (χ2v) is 5.69. The van der Waals surface area contributed by atoms with E-state index in [4.69, 9.17) is 4.99 Å². The van der Waals surface area contributed by atoms with Gasteiger partial charge in [0.2, 0.25) is 0 Å². The molecule has 0 unspecified atom stereocenters. The SMILES string of the molecule is CN(C)C(=NCC1(c2ccc(F)cc2)CC1)N(C)C. The molecule has 19 heavy (non-hydrogen) atoms. The molecule has 1 saturated carbocycles. The Morgan fingerprint density at radius 1 is 1.11 bits per heavy atom. The Balaban J connectivity index is 2.14. The number of benzene rings is 1. The molecule has 0 amide bonds. The minimum Gasteiger partial charge on any atom is -0.349 e. The van der Waals surface area contributed by atoms with Gasteiger partial charge < -0.3 is 9.80 Å². The molecule has 0 bridgehead atoms. The van der Waals surface area contributed by atoms with Crippen LogP contribution in [0.3, 0.4) is 0 Å². The average molecular weight is 263 g/mol. The minimum absolute atomic E-state index is 0.130. The van der Waals surface area contributed by atoms with E-state index in [9.17, 15) is 4.39 Å². The molecule has 0 aromatic heterocycles. The van der Waals surface area contributed by atoms with E-state index in [1.807, 2.05) is 50.1 Å². The summed E-state index contributed by atoms with van der Waals surface area (Å²) < 4.78 is 13.0. The summed E-state index contributed by atoms with van der Waals surface area (Å²) >= 11 is 0. The third-order valence-corrected chi connectivity index (χ3v) is 3.63. The zero-order chi connectivity index (χ0) is 14.0. The fourth-order valence-corrected chi connectivity index (χ4v) is 2.40. The molecule has 0 radical (unpaired) electrons. The third kappa shape index (κ3) is 3.06. The van der Waals surface area contributed by atoms with Crippen LogP contribution in [0.2, 0.25) is 0 Å². The van der Waals surface area contributed by atoms with E-state index >= 15 is 0 Å². The van der Waals surface area contributed by atoms with Crippen LogP contribution in [0.15, 0.2) is 29.3 Å². The highest BCUT2D eigenvalue weighted by Gasteiger charge is 2.44. The molecule has 1 aromatic carbocycles. The van der Waals surface area contributed by atoms with Crippen LogP contribution in [-0.4, -0.2) is 50.5 Å². The number of guanidine groups is 1. The average Bonchev–Trinajstić information content (AvgIpc) is 3.10. The molecule has 4 heteroatoms. The molecule has 2 rings (SSSR count). The monoisotopic (exact) mass is 263 g/mol. The summed E-state index contributed by atoms with van der Waals surface area (Å²) in [6, 6.07) is 6.86. The number of nitrogens with zero attached hydrogens (tertiary/aromatic N) is 3. The second kappa shape index (κ2) is 5.19. The van der Waals surface area contributed by atoms with Crippen molar-refractivity contribution in [3.8, 4) is 0 Å².